The molecule has 1 aromatic rings. The summed E-state index contributed by atoms with van der Waals surface area (Å²) in [5.41, 5.74) is 2.60. The van der Waals surface area contributed by atoms with Gasteiger partial charge >= 0.3 is 0 Å². The molecule has 0 bridgehead atoms. The van der Waals surface area contributed by atoms with Gasteiger partial charge in [0.15, 0.2) is 0 Å². The Morgan fingerprint density at radius 2 is 1.93 bits per heavy atom. The molecule has 1 aliphatic carbocycles. The molecular weight excluding hydrogens is 174 g/mol. The summed E-state index contributed by atoms with van der Waals surface area (Å²) in [5, 5.41) is 8.97. The predicted octanol–water partition coefficient (Wildman–Crippen LogP) is 1.85. The first-order chi connectivity index (χ1) is 6.72. The zero-order valence-electron chi connectivity index (χ0n) is 8.77. The SMILES string of the molecule is CN(C)c1ccc([C@@H]2C[C@H]2CO)cc1. The van der Waals surface area contributed by atoms with E-state index >= 15 is 0 Å². The topological polar surface area (TPSA) is 23.5 Å². The molecule has 1 saturated carbocycles. The lowest BCUT2D eigenvalue weighted by Crippen LogP contribution is -2.08. The summed E-state index contributed by atoms with van der Waals surface area (Å²) in [4.78, 5) is 2.10. The average molecular weight is 191 g/mol. The van der Waals surface area contributed by atoms with Crippen LogP contribution in [0.5, 0.6) is 0 Å². The largest absolute Gasteiger partial charge is 0.396 e. The van der Waals surface area contributed by atoms with E-state index in [1.807, 2.05) is 14.1 Å². The van der Waals surface area contributed by atoms with Gasteiger partial charge in [-0.15, -0.1) is 0 Å². The number of benzene rings is 1. The van der Waals surface area contributed by atoms with E-state index in [0.717, 1.165) is 6.42 Å². The van der Waals surface area contributed by atoms with Gasteiger partial charge in [0.25, 0.3) is 0 Å². The second kappa shape index (κ2) is 3.62. The average Bonchev–Trinajstić information content (AvgIpc) is 2.97. The van der Waals surface area contributed by atoms with E-state index in [4.69, 9.17) is 5.11 Å². The highest BCUT2D eigenvalue weighted by Crippen LogP contribution is 2.47. The molecule has 1 aromatic carbocycles. The highest BCUT2D eigenvalue weighted by molar-refractivity contribution is 5.47. The van der Waals surface area contributed by atoms with Crippen LogP contribution in [0.25, 0.3) is 0 Å². The number of nitrogens with zero attached hydrogens (tertiary/aromatic N) is 1. The quantitative estimate of drug-likeness (QED) is 0.788. The summed E-state index contributed by atoms with van der Waals surface area (Å²) in [6, 6.07) is 8.63. The van der Waals surface area contributed by atoms with Crippen molar-refractivity contribution in [2.24, 2.45) is 5.92 Å². The van der Waals surface area contributed by atoms with Crippen LogP contribution in [0.4, 0.5) is 5.69 Å². The zero-order valence-corrected chi connectivity index (χ0v) is 8.77. The van der Waals surface area contributed by atoms with Crippen LogP contribution in [0.3, 0.4) is 0 Å². The van der Waals surface area contributed by atoms with Crippen molar-refractivity contribution in [3.05, 3.63) is 29.8 Å². The molecule has 76 valence electrons. The summed E-state index contributed by atoms with van der Waals surface area (Å²) in [7, 11) is 4.09. The van der Waals surface area contributed by atoms with E-state index in [1.165, 1.54) is 11.3 Å². The molecule has 0 radical (unpaired) electrons. The van der Waals surface area contributed by atoms with Gasteiger partial charge in [0.2, 0.25) is 0 Å². The third-order valence-corrected chi connectivity index (χ3v) is 2.99. The minimum atomic E-state index is 0.333. The van der Waals surface area contributed by atoms with Crippen LogP contribution in [-0.4, -0.2) is 25.8 Å². The predicted molar refractivity (Wildman–Crippen MR) is 58.7 cm³/mol. The highest BCUT2D eigenvalue weighted by Gasteiger charge is 2.37. The third-order valence-electron chi connectivity index (χ3n) is 2.99. The molecule has 0 heterocycles. The van der Waals surface area contributed by atoms with Crippen LogP contribution in [0.2, 0.25) is 0 Å². The lowest BCUT2D eigenvalue weighted by molar-refractivity contribution is 0.274. The maximum atomic E-state index is 8.97. The summed E-state index contributed by atoms with van der Waals surface area (Å²) in [6.45, 7) is 0.333. The second-order valence-corrected chi connectivity index (χ2v) is 4.27. The Kier molecular flexibility index (Phi) is 2.46. The molecule has 0 aromatic heterocycles. The molecule has 14 heavy (non-hydrogen) atoms. The van der Waals surface area contributed by atoms with Crippen LogP contribution < -0.4 is 4.90 Å². The van der Waals surface area contributed by atoms with E-state index in [0.29, 0.717) is 18.4 Å². The first kappa shape index (κ1) is 9.53. The Morgan fingerprint density at radius 1 is 1.29 bits per heavy atom. The van der Waals surface area contributed by atoms with Gasteiger partial charge in [0.05, 0.1) is 0 Å². The number of hydrogen-bond donors (Lipinski definition) is 1. The molecule has 0 amide bonds. The fourth-order valence-corrected chi connectivity index (χ4v) is 1.88. The molecular formula is C12H17NO. The van der Waals surface area contributed by atoms with Crippen LogP contribution >= 0.6 is 0 Å². The molecule has 1 N–H and O–H groups in total. The Morgan fingerprint density at radius 3 is 2.36 bits per heavy atom. The van der Waals surface area contributed by atoms with Crippen molar-refractivity contribution < 1.29 is 5.11 Å². The zero-order chi connectivity index (χ0) is 10.1. The molecule has 1 fully saturated rings. The van der Waals surface area contributed by atoms with Crippen LogP contribution in [0.15, 0.2) is 24.3 Å². The number of hydrogen-bond acceptors (Lipinski definition) is 2. The molecule has 0 unspecified atom stereocenters. The Balaban J connectivity index is 2.08. The fraction of sp³-hybridized carbons (Fsp3) is 0.500. The van der Waals surface area contributed by atoms with Crippen molar-refractivity contribution in [3.63, 3.8) is 0 Å². The maximum absolute atomic E-state index is 8.97. The van der Waals surface area contributed by atoms with E-state index in [9.17, 15) is 0 Å². The van der Waals surface area contributed by atoms with Gasteiger partial charge in [-0.3, -0.25) is 0 Å². The number of aliphatic hydroxyl groups is 1. The third kappa shape index (κ3) is 1.75. The van der Waals surface area contributed by atoms with Gasteiger partial charge in [-0.05, 0) is 36.0 Å². The highest BCUT2D eigenvalue weighted by atomic mass is 16.3. The first-order valence-corrected chi connectivity index (χ1v) is 5.10. The monoisotopic (exact) mass is 191 g/mol. The summed E-state index contributed by atoms with van der Waals surface area (Å²) in [5.74, 6) is 1.12. The van der Waals surface area contributed by atoms with Crippen molar-refractivity contribution in [1.29, 1.82) is 0 Å². The molecule has 0 saturated heterocycles. The second-order valence-electron chi connectivity index (χ2n) is 4.27. The van der Waals surface area contributed by atoms with Gasteiger partial charge in [-0.2, -0.15) is 0 Å². The standard InChI is InChI=1S/C12H17NO/c1-13(2)11-5-3-9(4-6-11)12-7-10(12)8-14/h3-6,10,12,14H,7-8H2,1-2H3/t10-,12-/m0/s1. The van der Waals surface area contributed by atoms with Gasteiger partial charge in [-0.1, -0.05) is 12.1 Å². The molecule has 2 heteroatoms. The first-order valence-electron chi connectivity index (χ1n) is 5.10. The fourth-order valence-electron chi connectivity index (χ4n) is 1.88. The van der Waals surface area contributed by atoms with E-state index in [1.54, 1.807) is 0 Å². The maximum Gasteiger partial charge on any atom is 0.0465 e. The van der Waals surface area contributed by atoms with E-state index < -0.39 is 0 Å². The molecule has 2 nitrogen and oxygen atoms in total. The van der Waals surface area contributed by atoms with Crippen molar-refractivity contribution in [3.8, 4) is 0 Å². The normalized spacial score (nSPS) is 24.8. The van der Waals surface area contributed by atoms with Gasteiger partial charge in [0.1, 0.15) is 0 Å². The number of anilines is 1. The lowest BCUT2D eigenvalue weighted by Gasteiger charge is -2.12. The van der Waals surface area contributed by atoms with Crippen molar-refractivity contribution in [1.82, 2.24) is 0 Å². The molecule has 1 aliphatic rings. The summed E-state index contributed by atoms with van der Waals surface area (Å²) >= 11 is 0. The molecule has 0 aliphatic heterocycles. The molecule has 0 spiro atoms. The van der Waals surface area contributed by atoms with Gasteiger partial charge in [0, 0.05) is 26.4 Å². The van der Waals surface area contributed by atoms with Crippen molar-refractivity contribution in [2.45, 2.75) is 12.3 Å². The lowest BCUT2D eigenvalue weighted by atomic mass is 10.1. The minimum Gasteiger partial charge on any atom is -0.396 e. The number of aliphatic hydroxyl groups excluding tert-OH is 1. The van der Waals surface area contributed by atoms with Crippen LogP contribution in [0, 0.1) is 5.92 Å². The van der Waals surface area contributed by atoms with Crippen LogP contribution in [-0.2, 0) is 0 Å². The summed E-state index contributed by atoms with van der Waals surface area (Å²) < 4.78 is 0. The van der Waals surface area contributed by atoms with Crippen molar-refractivity contribution >= 4 is 5.69 Å². The Hall–Kier alpha value is -1.02. The Bertz CT molecular complexity index is 305. The Labute approximate surface area is 85.2 Å². The minimum absolute atomic E-state index is 0.333. The van der Waals surface area contributed by atoms with E-state index in [-0.39, 0.29) is 0 Å². The number of rotatable bonds is 3. The van der Waals surface area contributed by atoms with Crippen molar-refractivity contribution in [2.75, 3.05) is 25.6 Å². The van der Waals surface area contributed by atoms with Gasteiger partial charge < -0.3 is 10.0 Å². The smallest absolute Gasteiger partial charge is 0.0465 e. The summed E-state index contributed by atoms with van der Waals surface area (Å²) in [6.07, 6.45) is 1.15. The molecule has 2 rings (SSSR count). The van der Waals surface area contributed by atoms with E-state index in [2.05, 4.69) is 29.2 Å². The van der Waals surface area contributed by atoms with Gasteiger partial charge in [-0.25, -0.2) is 0 Å². The molecule has 2 atom stereocenters. The van der Waals surface area contributed by atoms with Crippen LogP contribution in [0.1, 0.15) is 17.9 Å².